The second-order valence-corrected chi connectivity index (χ2v) is 7.73. The molecule has 0 aromatic heterocycles. The minimum absolute atomic E-state index is 0.115. The highest BCUT2D eigenvalue weighted by Gasteiger charge is 2.43. The molecule has 0 aliphatic carbocycles. The third kappa shape index (κ3) is 3.21. The van der Waals surface area contributed by atoms with Gasteiger partial charge in [-0.15, -0.1) is 6.42 Å². The van der Waals surface area contributed by atoms with Gasteiger partial charge in [-0.2, -0.15) is 0 Å². The van der Waals surface area contributed by atoms with Gasteiger partial charge in [-0.3, -0.25) is 4.90 Å². The molecule has 0 saturated carbocycles. The van der Waals surface area contributed by atoms with Crippen molar-refractivity contribution in [2.45, 2.75) is 46.1 Å². The van der Waals surface area contributed by atoms with Gasteiger partial charge in [0.2, 0.25) is 0 Å². The van der Waals surface area contributed by atoms with Crippen LogP contribution in [-0.2, 0) is 11.2 Å². The van der Waals surface area contributed by atoms with Crippen molar-refractivity contribution in [3.8, 4) is 12.3 Å². The van der Waals surface area contributed by atoms with Crippen molar-refractivity contribution in [1.29, 1.82) is 0 Å². The molecular formula is C20H24N2O3. The molecule has 5 nitrogen and oxygen atoms in total. The summed E-state index contributed by atoms with van der Waals surface area (Å²) in [5.41, 5.74) is 2.32. The van der Waals surface area contributed by atoms with Crippen LogP contribution in [-0.4, -0.2) is 36.2 Å². The average molecular weight is 340 g/mol. The van der Waals surface area contributed by atoms with Crippen LogP contribution in [0.15, 0.2) is 18.2 Å². The monoisotopic (exact) mass is 340 g/mol. The molecule has 5 heteroatoms. The zero-order valence-corrected chi connectivity index (χ0v) is 15.0. The van der Waals surface area contributed by atoms with Crippen molar-refractivity contribution in [3.05, 3.63) is 29.3 Å². The van der Waals surface area contributed by atoms with E-state index in [9.17, 15) is 9.59 Å². The van der Waals surface area contributed by atoms with E-state index in [1.165, 1.54) is 0 Å². The Hall–Kier alpha value is -2.48. The van der Waals surface area contributed by atoms with Gasteiger partial charge in [0.15, 0.2) is 0 Å². The Morgan fingerprint density at radius 2 is 1.88 bits per heavy atom. The predicted octanol–water partition coefficient (Wildman–Crippen LogP) is 3.80. The lowest BCUT2D eigenvalue weighted by Crippen LogP contribution is -2.47. The van der Waals surface area contributed by atoms with Crippen molar-refractivity contribution in [2.24, 2.45) is 5.41 Å². The summed E-state index contributed by atoms with van der Waals surface area (Å²) < 4.78 is 5.20. The topological polar surface area (TPSA) is 49.9 Å². The molecule has 2 amide bonds. The molecule has 0 spiro atoms. The third-order valence-electron chi connectivity index (χ3n) is 5.01. The second kappa shape index (κ2) is 6.44. The number of rotatable bonds is 0. The largest absolute Gasteiger partial charge is 0.423 e. The minimum Gasteiger partial charge on any atom is -0.359 e. The number of benzene rings is 1. The van der Waals surface area contributed by atoms with Gasteiger partial charge in [0, 0.05) is 24.7 Å². The van der Waals surface area contributed by atoms with Crippen molar-refractivity contribution in [3.63, 3.8) is 0 Å². The normalized spacial score (nSPS) is 19.5. The van der Waals surface area contributed by atoms with Gasteiger partial charge >= 0.3 is 12.2 Å². The summed E-state index contributed by atoms with van der Waals surface area (Å²) in [6.07, 6.45) is 7.00. The zero-order valence-electron chi connectivity index (χ0n) is 15.0. The Kier molecular flexibility index (Phi) is 4.47. The van der Waals surface area contributed by atoms with Gasteiger partial charge in [0.1, 0.15) is 0 Å². The van der Waals surface area contributed by atoms with E-state index in [-0.39, 0.29) is 11.5 Å². The Labute approximate surface area is 148 Å². The van der Waals surface area contributed by atoms with E-state index >= 15 is 0 Å². The van der Waals surface area contributed by atoms with E-state index in [0.717, 1.165) is 29.7 Å². The number of terminal acetylenes is 1. The zero-order chi connectivity index (χ0) is 18.2. The fourth-order valence-electron chi connectivity index (χ4n) is 3.61. The first kappa shape index (κ1) is 17.3. The number of carbonyl (C=O) groups is 2. The predicted molar refractivity (Wildman–Crippen MR) is 96.5 cm³/mol. The highest BCUT2D eigenvalue weighted by Crippen LogP contribution is 2.41. The summed E-state index contributed by atoms with van der Waals surface area (Å²) in [7, 11) is 0. The summed E-state index contributed by atoms with van der Waals surface area (Å²) >= 11 is 0. The first-order valence-corrected chi connectivity index (χ1v) is 8.71. The number of likely N-dealkylation sites (tertiary alicyclic amines) is 1. The number of ether oxygens (including phenoxy) is 1. The number of amides is 2. The Balaban J connectivity index is 1.90. The van der Waals surface area contributed by atoms with E-state index in [1.807, 2.05) is 18.2 Å². The van der Waals surface area contributed by atoms with Gasteiger partial charge in [0.05, 0.1) is 5.69 Å². The number of hydrogen-bond donors (Lipinski definition) is 0. The molecule has 1 atom stereocenters. The fraction of sp³-hybridized carbons (Fsp3) is 0.500. The van der Waals surface area contributed by atoms with Crippen LogP contribution in [0.25, 0.3) is 0 Å². The molecule has 2 heterocycles. The first-order valence-electron chi connectivity index (χ1n) is 8.71. The van der Waals surface area contributed by atoms with Crippen LogP contribution in [0.2, 0.25) is 0 Å². The molecule has 25 heavy (non-hydrogen) atoms. The molecule has 0 N–H and O–H groups in total. The molecule has 1 saturated heterocycles. The average Bonchev–Trinajstić information content (AvgIpc) is 3.21. The van der Waals surface area contributed by atoms with Crippen LogP contribution < -0.4 is 4.90 Å². The molecule has 2 aliphatic rings. The SMILES string of the molecule is C#Cc1cccc2c1CC(C(C)(C)C)N2C(=O)OC(=O)N1CCCC1. The highest BCUT2D eigenvalue weighted by molar-refractivity contribution is 5.97. The summed E-state index contributed by atoms with van der Waals surface area (Å²) in [4.78, 5) is 28.2. The molecule has 2 aliphatic heterocycles. The molecule has 1 aromatic rings. The molecule has 0 bridgehead atoms. The highest BCUT2D eigenvalue weighted by atomic mass is 16.6. The van der Waals surface area contributed by atoms with Crippen LogP contribution in [0.1, 0.15) is 44.7 Å². The summed E-state index contributed by atoms with van der Waals surface area (Å²) in [6, 6.07) is 5.46. The lowest BCUT2D eigenvalue weighted by Gasteiger charge is -2.34. The number of hydrogen-bond acceptors (Lipinski definition) is 3. The number of nitrogens with zero attached hydrogens (tertiary/aromatic N) is 2. The van der Waals surface area contributed by atoms with Gasteiger partial charge in [-0.05, 0) is 42.4 Å². The van der Waals surface area contributed by atoms with E-state index < -0.39 is 12.2 Å². The van der Waals surface area contributed by atoms with Crippen LogP contribution in [0.3, 0.4) is 0 Å². The molecule has 0 radical (unpaired) electrons. The Morgan fingerprint density at radius 3 is 2.48 bits per heavy atom. The van der Waals surface area contributed by atoms with Gasteiger partial charge in [-0.25, -0.2) is 9.59 Å². The summed E-state index contributed by atoms with van der Waals surface area (Å²) in [5, 5.41) is 0. The fourth-order valence-corrected chi connectivity index (χ4v) is 3.61. The molecule has 3 rings (SSSR count). The number of fused-ring (bicyclic) bond motifs is 1. The standard InChI is InChI=1S/C20H24N2O3/c1-5-14-9-8-10-16-15(14)13-17(20(2,3)4)22(16)19(24)25-18(23)21-11-6-7-12-21/h1,8-10,17H,6-7,11-13H2,2-4H3. The molecule has 1 unspecified atom stereocenters. The Bertz CT molecular complexity index is 736. The van der Waals surface area contributed by atoms with E-state index in [2.05, 4.69) is 26.7 Å². The maximum absolute atomic E-state index is 12.8. The summed E-state index contributed by atoms with van der Waals surface area (Å²) in [5.74, 6) is 2.69. The van der Waals surface area contributed by atoms with E-state index in [1.54, 1.807) is 9.80 Å². The van der Waals surface area contributed by atoms with Crippen molar-refractivity contribution < 1.29 is 14.3 Å². The molecule has 132 valence electrons. The molecule has 1 aromatic carbocycles. The van der Waals surface area contributed by atoms with Crippen LogP contribution in [0, 0.1) is 17.8 Å². The van der Waals surface area contributed by atoms with Gasteiger partial charge in [0.25, 0.3) is 0 Å². The maximum atomic E-state index is 12.8. The van der Waals surface area contributed by atoms with Crippen LogP contribution in [0.4, 0.5) is 15.3 Å². The van der Waals surface area contributed by atoms with Crippen molar-refractivity contribution in [2.75, 3.05) is 18.0 Å². The van der Waals surface area contributed by atoms with Gasteiger partial charge in [-0.1, -0.05) is 32.8 Å². The Morgan fingerprint density at radius 1 is 1.20 bits per heavy atom. The van der Waals surface area contributed by atoms with Crippen molar-refractivity contribution in [1.82, 2.24) is 4.90 Å². The maximum Gasteiger partial charge on any atom is 0.423 e. The first-order chi connectivity index (χ1) is 11.8. The number of anilines is 1. The lowest BCUT2D eigenvalue weighted by molar-refractivity contribution is 0.124. The van der Waals surface area contributed by atoms with E-state index in [4.69, 9.17) is 11.2 Å². The van der Waals surface area contributed by atoms with Crippen molar-refractivity contribution >= 4 is 17.9 Å². The van der Waals surface area contributed by atoms with Crippen LogP contribution >= 0.6 is 0 Å². The second-order valence-electron chi connectivity index (χ2n) is 7.73. The van der Waals surface area contributed by atoms with E-state index in [0.29, 0.717) is 19.5 Å². The van der Waals surface area contributed by atoms with Gasteiger partial charge < -0.3 is 9.64 Å². The minimum atomic E-state index is -0.621. The molecular weight excluding hydrogens is 316 g/mol. The van der Waals surface area contributed by atoms with Crippen LogP contribution in [0.5, 0.6) is 0 Å². The number of carbonyl (C=O) groups excluding carboxylic acids is 2. The lowest BCUT2D eigenvalue weighted by atomic mass is 9.84. The quantitative estimate of drug-likeness (QED) is 0.533. The summed E-state index contributed by atoms with van der Waals surface area (Å²) in [6.45, 7) is 7.50. The smallest absolute Gasteiger partial charge is 0.359 e. The molecule has 1 fully saturated rings. The third-order valence-corrected chi connectivity index (χ3v) is 5.01.